The van der Waals surface area contributed by atoms with Gasteiger partial charge in [0.1, 0.15) is 23.5 Å². The number of ether oxygens (including phenoxy) is 1. The Labute approximate surface area is 104 Å². The van der Waals surface area contributed by atoms with Crippen LogP contribution in [0.15, 0.2) is 36.5 Å². The molecule has 1 atom stereocenters. The Morgan fingerprint density at radius 2 is 2.24 bits per heavy atom. The molecule has 1 unspecified atom stereocenters. The molecule has 3 rings (SSSR count). The maximum atomic E-state index is 9.44. The lowest BCUT2D eigenvalue weighted by Gasteiger charge is -2.10. The molecule has 86 valence electrons. The van der Waals surface area contributed by atoms with Crippen molar-refractivity contribution < 1.29 is 9.84 Å². The molecule has 3 nitrogen and oxygen atoms in total. The first kappa shape index (κ1) is 10.4. The number of hydrogen-bond acceptors (Lipinski definition) is 3. The van der Waals surface area contributed by atoms with Gasteiger partial charge in [-0.25, -0.2) is 0 Å². The average Bonchev–Trinajstić information content (AvgIpc) is 2.48. The first-order chi connectivity index (χ1) is 8.25. The number of phenols is 1. The third-order valence-electron chi connectivity index (χ3n) is 2.82. The van der Waals surface area contributed by atoms with Crippen molar-refractivity contribution in [3.63, 3.8) is 0 Å². The second kappa shape index (κ2) is 3.93. The van der Waals surface area contributed by atoms with Gasteiger partial charge in [0, 0.05) is 23.4 Å². The van der Waals surface area contributed by atoms with Crippen LogP contribution in [-0.4, -0.2) is 10.1 Å². The number of hydrogen-bond donors (Lipinski definition) is 1. The summed E-state index contributed by atoms with van der Waals surface area (Å²) in [4.78, 5) is 4.31. The monoisotopic (exact) mass is 247 g/mol. The van der Waals surface area contributed by atoms with Gasteiger partial charge in [-0.1, -0.05) is 6.07 Å². The van der Waals surface area contributed by atoms with Gasteiger partial charge in [-0.15, -0.1) is 11.6 Å². The highest BCUT2D eigenvalue weighted by Crippen LogP contribution is 2.40. The summed E-state index contributed by atoms with van der Waals surface area (Å²) >= 11 is 6.41. The van der Waals surface area contributed by atoms with E-state index in [0.717, 1.165) is 16.8 Å². The summed E-state index contributed by atoms with van der Waals surface area (Å²) in [6.07, 6.45) is 1.72. The van der Waals surface area contributed by atoms with Gasteiger partial charge in [0.25, 0.3) is 0 Å². The van der Waals surface area contributed by atoms with Gasteiger partial charge in [-0.2, -0.15) is 0 Å². The minimum absolute atomic E-state index is 0.173. The van der Waals surface area contributed by atoms with Crippen molar-refractivity contribution in [1.29, 1.82) is 0 Å². The van der Waals surface area contributed by atoms with Gasteiger partial charge in [-0.05, 0) is 18.2 Å². The van der Waals surface area contributed by atoms with Crippen molar-refractivity contribution >= 4 is 11.6 Å². The van der Waals surface area contributed by atoms with Crippen molar-refractivity contribution in [2.24, 2.45) is 0 Å². The van der Waals surface area contributed by atoms with Crippen LogP contribution >= 0.6 is 11.6 Å². The lowest BCUT2D eigenvalue weighted by Crippen LogP contribution is -1.99. The number of phenolic OH excluding ortho intramolecular Hbond substituents is 1. The molecule has 0 saturated carbocycles. The molecule has 17 heavy (non-hydrogen) atoms. The van der Waals surface area contributed by atoms with E-state index in [2.05, 4.69) is 4.98 Å². The number of aromatic nitrogens is 1. The zero-order valence-corrected chi connectivity index (χ0v) is 9.69. The van der Waals surface area contributed by atoms with Crippen LogP contribution in [0.3, 0.4) is 0 Å². The standard InChI is InChI=1S/C13H10ClNO2/c14-12-10-4-3-9(16)6-11(10)17-7-8-2-1-5-15-13(8)12/h1-6,12,16H,7H2. The minimum Gasteiger partial charge on any atom is -0.508 e. The Kier molecular flexibility index (Phi) is 2.41. The molecule has 0 radical (unpaired) electrons. The lowest BCUT2D eigenvalue weighted by atomic mass is 10.1. The summed E-state index contributed by atoms with van der Waals surface area (Å²) < 4.78 is 5.64. The third-order valence-corrected chi connectivity index (χ3v) is 3.26. The molecule has 1 aliphatic rings. The first-order valence-electron chi connectivity index (χ1n) is 5.29. The zero-order chi connectivity index (χ0) is 11.8. The fourth-order valence-corrected chi connectivity index (χ4v) is 2.34. The molecule has 2 heterocycles. The molecule has 2 aromatic rings. The number of alkyl halides is 1. The molecule has 1 aromatic heterocycles. The van der Waals surface area contributed by atoms with E-state index >= 15 is 0 Å². The predicted octanol–water partition coefficient (Wildman–Crippen LogP) is 3.01. The van der Waals surface area contributed by atoms with Gasteiger partial charge in [-0.3, -0.25) is 4.98 Å². The zero-order valence-electron chi connectivity index (χ0n) is 8.93. The predicted molar refractivity (Wildman–Crippen MR) is 64.4 cm³/mol. The van der Waals surface area contributed by atoms with E-state index < -0.39 is 0 Å². The molecular formula is C13H10ClNO2. The molecule has 0 fully saturated rings. The van der Waals surface area contributed by atoms with Crippen LogP contribution < -0.4 is 4.74 Å². The molecule has 1 N–H and O–H groups in total. The Hall–Kier alpha value is -1.74. The number of aromatic hydroxyl groups is 1. The molecule has 0 saturated heterocycles. The van der Waals surface area contributed by atoms with E-state index in [9.17, 15) is 5.11 Å². The highest BCUT2D eigenvalue weighted by molar-refractivity contribution is 6.22. The van der Waals surface area contributed by atoms with Gasteiger partial charge in [0.2, 0.25) is 0 Å². The molecule has 0 aliphatic carbocycles. The summed E-state index contributed by atoms with van der Waals surface area (Å²) in [5.74, 6) is 0.787. The van der Waals surface area contributed by atoms with Gasteiger partial charge < -0.3 is 9.84 Å². The first-order valence-corrected chi connectivity index (χ1v) is 5.73. The summed E-state index contributed by atoms with van der Waals surface area (Å²) in [7, 11) is 0. The van der Waals surface area contributed by atoms with Crippen molar-refractivity contribution in [3.05, 3.63) is 53.3 Å². The molecule has 0 amide bonds. The largest absolute Gasteiger partial charge is 0.508 e. The van der Waals surface area contributed by atoms with E-state index in [1.165, 1.54) is 0 Å². The van der Waals surface area contributed by atoms with Crippen molar-refractivity contribution in [2.45, 2.75) is 12.0 Å². The average molecular weight is 248 g/mol. The van der Waals surface area contributed by atoms with Crippen molar-refractivity contribution in [2.75, 3.05) is 0 Å². The lowest BCUT2D eigenvalue weighted by molar-refractivity contribution is 0.305. The molecule has 4 heteroatoms. The second-order valence-corrected chi connectivity index (χ2v) is 4.36. The van der Waals surface area contributed by atoms with Crippen molar-refractivity contribution in [1.82, 2.24) is 4.98 Å². The second-order valence-electron chi connectivity index (χ2n) is 3.92. The molecule has 0 spiro atoms. The third kappa shape index (κ3) is 1.72. The van der Waals surface area contributed by atoms with Gasteiger partial charge >= 0.3 is 0 Å². The number of nitrogens with zero attached hydrogens (tertiary/aromatic N) is 1. The smallest absolute Gasteiger partial charge is 0.128 e. The van der Waals surface area contributed by atoms with Crippen LogP contribution in [0.2, 0.25) is 0 Å². The number of pyridine rings is 1. The fraction of sp³-hybridized carbons (Fsp3) is 0.154. The quantitative estimate of drug-likeness (QED) is 0.728. The maximum absolute atomic E-state index is 9.44. The number of halogens is 1. The summed E-state index contributed by atoms with van der Waals surface area (Å²) in [5.41, 5.74) is 2.63. The number of rotatable bonds is 0. The summed E-state index contributed by atoms with van der Waals surface area (Å²) in [5, 5.41) is 9.10. The molecule has 0 bridgehead atoms. The highest BCUT2D eigenvalue weighted by Gasteiger charge is 2.23. The summed E-state index contributed by atoms with van der Waals surface area (Å²) in [6, 6.07) is 8.76. The summed E-state index contributed by atoms with van der Waals surface area (Å²) in [6.45, 7) is 0.419. The van der Waals surface area contributed by atoms with Crippen LogP contribution in [-0.2, 0) is 6.61 Å². The van der Waals surface area contributed by atoms with E-state index in [1.54, 1.807) is 24.4 Å². The van der Waals surface area contributed by atoms with E-state index in [4.69, 9.17) is 16.3 Å². The molecular weight excluding hydrogens is 238 g/mol. The van der Waals surface area contributed by atoms with Crippen LogP contribution in [0.5, 0.6) is 11.5 Å². The fourth-order valence-electron chi connectivity index (χ4n) is 1.96. The Morgan fingerprint density at radius 3 is 3.12 bits per heavy atom. The maximum Gasteiger partial charge on any atom is 0.128 e. The Bertz CT molecular complexity index is 571. The normalized spacial score (nSPS) is 17.6. The van der Waals surface area contributed by atoms with Gasteiger partial charge in [0.15, 0.2) is 0 Å². The van der Waals surface area contributed by atoms with E-state index in [-0.39, 0.29) is 11.1 Å². The van der Waals surface area contributed by atoms with E-state index in [0.29, 0.717) is 12.4 Å². The number of benzene rings is 1. The van der Waals surface area contributed by atoms with Crippen LogP contribution in [0, 0.1) is 0 Å². The topological polar surface area (TPSA) is 42.4 Å². The van der Waals surface area contributed by atoms with Crippen molar-refractivity contribution in [3.8, 4) is 11.5 Å². The number of fused-ring (bicyclic) bond motifs is 2. The Balaban J connectivity index is 2.16. The molecule has 1 aromatic carbocycles. The van der Waals surface area contributed by atoms with Crippen LogP contribution in [0.1, 0.15) is 22.2 Å². The Morgan fingerprint density at radius 1 is 1.35 bits per heavy atom. The van der Waals surface area contributed by atoms with Crippen LogP contribution in [0.4, 0.5) is 0 Å². The van der Waals surface area contributed by atoms with Crippen LogP contribution in [0.25, 0.3) is 0 Å². The van der Waals surface area contributed by atoms with Gasteiger partial charge in [0.05, 0.1) is 5.69 Å². The SMILES string of the molecule is Oc1ccc2c(c1)OCc1cccnc1C2Cl. The highest BCUT2D eigenvalue weighted by atomic mass is 35.5. The minimum atomic E-state index is -0.343. The molecule has 1 aliphatic heterocycles. The van der Waals surface area contributed by atoms with E-state index in [1.807, 2.05) is 12.1 Å².